The largest absolute Gasteiger partial charge is 0.310 e. The number of benzene rings is 1. The molecule has 2 rings (SSSR count). The molecule has 2 heteroatoms. The van der Waals surface area contributed by atoms with Crippen LogP contribution in [0.2, 0.25) is 5.02 Å². The minimum Gasteiger partial charge on any atom is -0.310 e. The van der Waals surface area contributed by atoms with Crippen LogP contribution >= 0.6 is 11.6 Å². The van der Waals surface area contributed by atoms with Crippen molar-refractivity contribution in [3.8, 4) is 0 Å². The highest BCUT2D eigenvalue weighted by atomic mass is 35.5. The van der Waals surface area contributed by atoms with Gasteiger partial charge in [-0.1, -0.05) is 31.5 Å². The van der Waals surface area contributed by atoms with Crippen molar-refractivity contribution in [2.24, 2.45) is 5.92 Å². The predicted octanol–water partition coefficient (Wildman–Crippen LogP) is 3.96. The van der Waals surface area contributed by atoms with Gasteiger partial charge in [0.15, 0.2) is 0 Å². The summed E-state index contributed by atoms with van der Waals surface area (Å²) < 4.78 is 0. The molecule has 1 unspecified atom stereocenters. The summed E-state index contributed by atoms with van der Waals surface area (Å²) in [6.07, 6.45) is 3.63. The smallest absolute Gasteiger partial charge is 0.0408 e. The third-order valence-electron chi connectivity index (χ3n) is 3.30. The second kappa shape index (κ2) is 5.20. The van der Waals surface area contributed by atoms with Gasteiger partial charge in [-0.2, -0.15) is 0 Å². The van der Waals surface area contributed by atoms with Gasteiger partial charge in [0.2, 0.25) is 0 Å². The van der Waals surface area contributed by atoms with Gasteiger partial charge in [-0.05, 0) is 55.0 Å². The highest BCUT2D eigenvalue weighted by molar-refractivity contribution is 6.30. The fourth-order valence-electron chi connectivity index (χ4n) is 2.34. The van der Waals surface area contributed by atoms with Crippen molar-refractivity contribution in [1.82, 2.24) is 5.32 Å². The predicted molar refractivity (Wildman–Crippen MR) is 70.0 cm³/mol. The lowest BCUT2D eigenvalue weighted by Gasteiger charge is -2.15. The van der Waals surface area contributed by atoms with E-state index in [1.165, 1.54) is 24.0 Å². The van der Waals surface area contributed by atoms with Gasteiger partial charge in [0, 0.05) is 11.1 Å². The molecule has 0 aliphatic heterocycles. The molecule has 1 aliphatic rings. The van der Waals surface area contributed by atoms with Crippen molar-refractivity contribution in [3.05, 3.63) is 34.3 Å². The Morgan fingerprint density at radius 1 is 1.44 bits per heavy atom. The van der Waals surface area contributed by atoms with Crippen molar-refractivity contribution < 1.29 is 0 Å². The number of halogens is 1. The summed E-state index contributed by atoms with van der Waals surface area (Å²) in [5, 5.41) is 4.51. The Bertz CT molecular complexity index is 360. The highest BCUT2D eigenvalue weighted by Crippen LogP contribution is 2.32. The Morgan fingerprint density at radius 2 is 2.25 bits per heavy atom. The Morgan fingerprint density at radius 3 is 3.00 bits per heavy atom. The summed E-state index contributed by atoms with van der Waals surface area (Å²) in [6.45, 7) is 5.65. The molecule has 0 saturated carbocycles. The Kier molecular flexibility index (Phi) is 3.88. The van der Waals surface area contributed by atoms with E-state index < -0.39 is 0 Å². The van der Waals surface area contributed by atoms with Crippen LogP contribution in [0.25, 0.3) is 0 Å². The molecule has 1 aromatic carbocycles. The van der Waals surface area contributed by atoms with E-state index in [9.17, 15) is 0 Å². The third kappa shape index (κ3) is 2.78. The molecule has 16 heavy (non-hydrogen) atoms. The van der Waals surface area contributed by atoms with Gasteiger partial charge in [-0.3, -0.25) is 0 Å². The summed E-state index contributed by atoms with van der Waals surface area (Å²) in [5.74, 6) is 0.776. The van der Waals surface area contributed by atoms with Crippen LogP contribution < -0.4 is 5.32 Å². The van der Waals surface area contributed by atoms with E-state index in [2.05, 4.69) is 31.3 Å². The maximum absolute atomic E-state index is 6.00. The van der Waals surface area contributed by atoms with Crippen LogP contribution in [0.15, 0.2) is 18.2 Å². The summed E-state index contributed by atoms with van der Waals surface area (Å²) in [7, 11) is 0. The standard InChI is InChI=1S/C14H20ClN/c1-10(2)7-8-16-14-6-3-11-9-12(15)4-5-13(11)14/h4-5,9-10,14,16H,3,6-8H2,1-2H3. The minimum atomic E-state index is 0.547. The molecule has 0 spiro atoms. The Labute approximate surface area is 103 Å². The topological polar surface area (TPSA) is 12.0 Å². The van der Waals surface area contributed by atoms with Gasteiger partial charge in [0.1, 0.15) is 0 Å². The molecule has 1 nitrogen and oxygen atoms in total. The minimum absolute atomic E-state index is 0.547. The third-order valence-corrected chi connectivity index (χ3v) is 3.53. The molecule has 0 heterocycles. The molecule has 0 amide bonds. The number of hydrogen-bond acceptors (Lipinski definition) is 1. The van der Waals surface area contributed by atoms with Gasteiger partial charge < -0.3 is 5.32 Å². The Balaban J connectivity index is 1.95. The highest BCUT2D eigenvalue weighted by Gasteiger charge is 2.21. The fraction of sp³-hybridized carbons (Fsp3) is 0.571. The zero-order valence-electron chi connectivity index (χ0n) is 10.1. The summed E-state index contributed by atoms with van der Waals surface area (Å²) in [4.78, 5) is 0. The molecule has 1 N–H and O–H groups in total. The van der Waals surface area contributed by atoms with E-state index in [4.69, 9.17) is 11.6 Å². The average molecular weight is 238 g/mol. The molecule has 0 radical (unpaired) electrons. The summed E-state index contributed by atoms with van der Waals surface area (Å²) >= 11 is 6.00. The van der Waals surface area contributed by atoms with Crippen molar-refractivity contribution in [3.63, 3.8) is 0 Å². The fourth-order valence-corrected chi connectivity index (χ4v) is 2.54. The normalized spacial score (nSPS) is 19.1. The van der Waals surface area contributed by atoms with Gasteiger partial charge in [0.05, 0.1) is 0 Å². The van der Waals surface area contributed by atoms with Gasteiger partial charge in [0.25, 0.3) is 0 Å². The molecule has 88 valence electrons. The van der Waals surface area contributed by atoms with E-state index in [0.717, 1.165) is 23.9 Å². The SMILES string of the molecule is CC(C)CCNC1CCc2cc(Cl)ccc21. The van der Waals surface area contributed by atoms with Crippen molar-refractivity contribution in [2.75, 3.05) is 6.54 Å². The molecule has 0 saturated heterocycles. The first-order chi connectivity index (χ1) is 7.66. The van der Waals surface area contributed by atoms with Crippen molar-refractivity contribution >= 4 is 11.6 Å². The van der Waals surface area contributed by atoms with Crippen molar-refractivity contribution in [1.29, 1.82) is 0 Å². The van der Waals surface area contributed by atoms with Crippen LogP contribution in [0.1, 0.15) is 43.9 Å². The summed E-state index contributed by atoms with van der Waals surface area (Å²) in [6, 6.07) is 6.84. The first-order valence-corrected chi connectivity index (χ1v) is 6.56. The van der Waals surface area contributed by atoms with Gasteiger partial charge in [-0.25, -0.2) is 0 Å². The molecule has 0 fully saturated rings. The van der Waals surface area contributed by atoms with Crippen LogP contribution in [-0.2, 0) is 6.42 Å². The maximum Gasteiger partial charge on any atom is 0.0408 e. The summed E-state index contributed by atoms with van der Waals surface area (Å²) in [5.41, 5.74) is 2.88. The Hall–Kier alpha value is -0.530. The molecule has 0 aromatic heterocycles. The van der Waals surface area contributed by atoms with Crippen LogP contribution in [0.4, 0.5) is 0 Å². The maximum atomic E-state index is 6.00. The lowest BCUT2D eigenvalue weighted by atomic mass is 10.1. The molecule has 0 bridgehead atoms. The first kappa shape index (κ1) is 11.9. The van der Waals surface area contributed by atoms with E-state index >= 15 is 0 Å². The van der Waals surface area contributed by atoms with E-state index in [0.29, 0.717) is 6.04 Å². The van der Waals surface area contributed by atoms with Crippen LogP contribution in [0, 0.1) is 5.92 Å². The molecular weight excluding hydrogens is 218 g/mol. The van der Waals surface area contributed by atoms with Crippen LogP contribution in [0.5, 0.6) is 0 Å². The molecule has 1 aromatic rings. The van der Waals surface area contributed by atoms with E-state index in [1.54, 1.807) is 0 Å². The lowest BCUT2D eigenvalue weighted by molar-refractivity contribution is 0.476. The van der Waals surface area contributed by atoms with Crippen LogP contribution in [-0.4, -0.2) is 6.54 Å². The van der Waals surface area contributed by atoms with E-state index in [1.807, 2.05) is 6.07 Å². The lowest BCUT2D eigenvalue weighted by Crippen LogP contribution is -2.21. The first-order valence-electron chi connectivity index (χ1n) is 6.18. The molecular formula is C14H20ClN. The van der Waals surface area contributed by atoms with Gasteiger partial charge in [-0.15, -0.1) is 0 Å². The monoisotopic (exact) mass is 237 g/mol. The number of aryl methyl sites for hydroxylation is 1. The zero-order chi connectivity index (χ0) is 11.5. The molecule has 1 aliphatic carbocycles. The number of nitrogens with one attached hydrogen (secondary N) is 1. The zero-order valence-corrected chi connectivity index (χ0v) is 10.8. The average Bonchev–Trinajstić information content (AvgIpc) is 2.60. The van der Waals surface area contributed by atoms with Gasteiger partial charge >= 0.3 is 0 Å². The number of fused-ring (bicyclic) bond motifs is 1. The van der Waals surface area contributed by atoms with E-state index in [-0.39, 0.29) is 0 Å². The molecule has 1 atom stereocenters. The quantitative estimate of drug-likeness (QED) is 0.836. The number of hydrogen-bond donors (Lipinski definition) is 1. The second-order valence-corrected chi connectivity index (χ2v) is 5.51. The van der Waals surface area contributed by atoms with Crippen LogP contribution in [0.3, 0.4) is 0 Å². The second-order valence-electron chi connectivity index (χ2n) is 5.07. The van der Waals surface area contributed by atoms with Crippen molar-refractivity contribution in [2.45, 2.75) is 39.2 Å². The number of rotatable bonds is 4.